The minimum atomic E-state index is -0.00869. The average Bonchev–Trinajstić information content (AvgIpc) is 2.31. The second-order valence-corrected chi connectivity index (χ2v) is 4.50. The van der Waals surface area contributed by atoms with Crippen molar-refractivity contribution in [2.24, 2.45) is 16.8 Å². The number of rotatable bonds is 5. The molecule has 0 radical (unpaired) electrons. The molecule has 1 unspecified atom stereocenters. The number of aromatic nitrogens is 1. The van der Waals surface area contributed by atoms with E-state index in [2.05, 4.69) is 15.0 Å². The molecule has 1 rings (SSSR count). The number of hydrogen-bond acceptors (Lipinski definition) is 4. The average molecular weight is 257 g/mol. The molecule has 3 N–H and O–H groups in total. The number of hydrogen-bond donors (Lipinski definition) is 2. The zero-order valence-electron chi connectivity index (χ0n) is 9.97. The van der Waals surface area contributed by atoms with E-state index in [1.807, 2.05) is 20.0 Å². The van der Waals surface area contributed by atoms with Gasteiger partial charge in [-0.1, -0.05) is 23.7 Å². The van der Waals surface area contributed by atoms with Gasteiger partial charge >= 0.3 is 0 Å². The Kier molecular flexibility index (Phi) is 5.18. The second-order valence-electron chi connectivity index (χ2n) is 4.09. The van der Waals surface area contributed by atoms with Gasteiger partial charge in [0.1, 0.15) is 5.84 Å². The van der Waals surface area contributed by atoms with Gasteiger partial charge in [-0.3, -0.25) is 4.98 Å². The van der Waals surface area contributed by atoms with E-state index >= 15 is 0 Å². The molecule has 1 aromatic rings. The summed E-state index contributed by atoms with van der Waals surface area (Å²) in [6.45, 7) is 3.29. The Morgan fingerprint density at radius 1 is 1.71 bits per heavy atom. The number of pyridine rings is 1. The predicted octanol–water partition coefficient (Wildman–Crippen LogP) is 1.55. The van der Waals surface area contributed by atoms with Crippen molar-refractivity contribution < 1.29 is 5.21 Å². The summed E-state index contributed by atoms with van der Waals surface area (Å²) in [6.07, 6.45) is 3.33. The summed E-state index contributed by atoms with van der Waals surface area (Å²) in [6, 6.07) is 1.88. The lowest BCUT2D eigenvalue weighted by Crippen LogP contribution is -2.32. The molecule has 0 bridgehead atoms. The molecule has 1 heterocycles. The van der Waals surface area contributed by atoms with Crippen LogP contribution in [-0.2, 0) is 6.54 Å². The van der Waals surface area contributed by atoms with E-state index in [1.54, 1.807) is 12.4 Å². The van der Waals surface area contributed by atoms with Crippen LogP contribution in [-0.4, -0.2) is 34.5 Å². The summed E-state index contributed by atoms with van der Waals surface area (Å²) in [5.74, 6) is 0.225. The molecule has 0 spiro atoms. The summed E-state index contributed by atoms with van der Waals surface area (Å²) < 4.78 is 0. The molecule has 0 aliphatic heterocycles. The van der Waals surface area contributed by atoms with E-state index in [4.69, 9.17) is 22.5 Å². The van der Waals surface area contributed by atoms with Crippen molar-refractivity contribution in [3.63, 3.8) is 0 Å². The van der Waals surface area contributed by atoms with Gasteiger partial charge in [0.25, 0.3) is 0 Å². The van der Waals surface area contributed by atoms with Crippen LogP contribution in [0.4, 0.5) is 0 Å². The van der Waals surface area contributed by atoms with Crippen molar-refractivity contribution in [3.05, 3.63) is 29.0 Å². The van der Waals surface area contributed by atoms with Crippen LogP contribution in [0.3, 0.4) is 0 Å². The Morgan fingerprint density at radius 3 is 3.00 bits per heavy atom. The van der Waals surface area contributed by atoms with Crippen LogP contribution in [0.2, 0.25) is 5.02 Å². The third-order valence-electron chi connectivity index (χ3n) is 2.50. The van der Waals surface area contributed by atoms with Gasteiger partial charge in [-0.2, -0.15) is 0 Å². The molecule has 94 valence electrons. The van der Waals surface area contributed by atoms with E-state index in [9.17, 15) is 0 Å². The van der Waals surface area contributed by atoms with Crippen molar-refractivity contribution in [2.75, 3.05) is 13.6 Å². The van der Waals surface area contributed by atoms with E-state index in [-0.39, 0.29) is 11.8 Å². The number of nitrogens with zero attached hydrogens (tertiary/aromatic N) is 3. The molecule has 17 heavy (non-hydrogen) atoms. The molecule has 0 aliphatic rings. The van der Waals surface area contributed by atoms with Crippen LogP contribution in [0, 0.1) is 5.92 Å². The van der Waals surface area contributed by atoms with E-state index in [0.717, 1.165) is 5.56 Å². The van der Waals surface area contributed by atoms with E-state index < -0.39 is 0 Å². The summed E-state index contributed by atoms with van der Waals surface area (Å²) in [5.41, 5.74) is 6.54. The second kappa shape index (κ2) is 6.42. The Balaban J connectivity index is 2.56. The number of halogens is 1. The molecular weight excluding hydrogens is 240 g/mol. The molecule has 0 saturated carbocycles. The van der Waals surface area contributed by atoms with E-state index in [0.29, 0.717) is 18.1 Å². The first-order valence-electron chi connectivity index (χ1n) is 5.29. The molecular formula is C11H17ClN4O. The van der Waals surface area contributed by atoms with Crippen LogP contribution >= 0.6 is 11.6 Å². The fourth-order valence-corrected chi connectivity index (χ4v) is 1.73. The Hall–Kier alpha value is -1.33. The standard InChI is InChI=1S/C11H17ClN4O/c1-8(11(13)15-17)6-16(2)7-9-3-4-14-5-10(9)12/h3-5,8,17H,6-7H2,1-2H3,(H2,13,15). The fourth-order valence-electron chi connectivity index (χ4n) is 1.55. The highest BCUT2D eigenvalue weighted by molar-refractivity contribution is 6.31. The van der Waals surface area contributed by atoms with Crippen LogP contribution in [0.5, 0.6) is 0 Å². The highest BCUT2D eigenvalue weighted by Crippen LogP contribution is 2.15. The van der Waals surface area contributed by atoms with Crippen LogP contribution in [0.15, 0.2) is 23.6 Å². The van der Waals surface area contributed by atoms with Gasteiger partial charge in [0.15, 0.2) is 0 Å². The van der Waals surface area contributed by atoms with Gasteiger partial charge in [-0.05, 0) is 18.7 Å². The summed E-state index contributed by atoms with van der Waals surface area (Å²) >= 11 is 6.02. The quantitative estimate of drug-likeness (QED) is 0.363. The number of oxime groups is 1. The maximum atomic E-state index is 8.57. The monoisotopic (exact) mass is 256 g/mol. The van der Waals surface area contributed by atoms with E-state index in [1.165, 1.54) is 0 Å². The molecule has 0 aromatic carbocycles. The molecule has 6 heteroatoms. The predicted molar refractivity (Wildman–Crippen MR) is 68.2 cm³/mol. The number of nitrogens with two attached hydrogens (primary N) is 1. The van der Waals surface area contributed by atoms with Crippen LogP contribution < -0.4 is 5.73 Å². The molecule has 1 aromatic heterocycles. The topological polar surface area (TPSA) is 74.7 Å². The van der Waals surface area contributed by atoms with Gasteiger partial charge in [0.2, 0.25) is 0 Å². The zero-order valence-corrected chi connectivity index (χ0v) is 10.7. The maximum Gasteiger partial charge on any atom is 0.143 e. The lowest BCUT2D eigenvalue weighted by Gasteiger charge is -2.20. The lowest BCUT2D eigenvalue weighted by atomic mass is 10.1. The smallest absolute Gasteiger partial charge is 0.143 e. The first-order chi connectivity index (χ1) is 8.04. The van der Waals surface area contributed by atoms with Crippen molar-refractivity contribution in [1.82, 2.24) is 9.88 Å². The molecule has 1 atom stereocenters. The van der Waals surface area contributed by atoms with Gasteiger partial charge in [-0.15, -0.1) is 0 Å². The van der Waals surface area contributed by atoms with Crippen molar-refractivity contribution in [2.45, 2.75) is 13.5 Å². The van der Waals surface area contributed by atoms with Crippen LogP contribution in [0.1, 0.15) is 12.5 Å². The molecule has 0 aliphatic carbocycles. The van der Waals surface area contributed by atoms with Crippen molar-refractivity contribution >= 4 is 17.4 Å². The summed E-state index contributed by atoms with van der Waals surface area (Å²) in [5, 5.41) is 12.2. The fraction of sp³-hybridized carbons (Fsp3) is 0.455. The lowest BCUT2D eigenvalue weighted by molar-refractivity contribution is 0.290. The Labute approximate surface area is 106 Å². The minimum Gasteiger partial charge on any atom is -0.409 e. The van der Waals surface area contributed by atoms with Gasteiger partial charge in [0.05, 0.1) is 5.02 Å². The van der Waals surface area contributed by atoms with Gasteiger partial charge < -0.3 is 15.8 Å². The Morgan fingerprint density at radius 2 is 2.41 bits per heavy atom. The zero-order chi connectivity index (χ0) is 12.8. The largest absolute Gasteiger partial charge is 0.409 e. The summed E-state index contributed by atoms with van der Waals surface area (Å²) in [4.78, 5) is 5.99. The maximum absolute atomic E-state index is 8.57. The Bertz CT molecular complexity index is 397. The van der Waals surface area contributed by atoms with Crippen molar-refractivity contribution in [1.29, 1.82) is 0 Å². The third-order valence-corrected chi connectivity index (χ3v) is 2.84. The first-order valence-corrected chi connectivity index (χ1v) is 5.66. The highest BCUT2D eigenvalue weighted by Gasteiger charge is 2.12. The SMILES string of the molecule is CC(CN(C)Cc1ccncc1Cl)C(N)=NO. The van der Waals surface area contributed by atoms with Crippen LogP contribution in [0.25, 0.3) is 0 Å². The minimum absolute atomic E-state index is 0.00869. The number of amidine groups is 1. The normalized spacial score (nSPS) is 14.0. The molecule has 0 amide bonds. The first kappa shape index (κ1) is 13.7. The van der Waals surface area contributed by atoms with Gasteiger partial charge in [-0.25, -0.2) is 0 Å². The van der Waals surface area contributed by atoms with Crippen molar-refractivity contribution in [3.8, 4) is 0 Å². The third kappa shape index (κ3) is 4.20. The highest BCUT2D eigenvalue weighted by atomic mass is 35.5. The molecule has 5 nitrogen and oxygen atoms in total. The summed E-state index contributed by atoms with van der Waals surface area (Å²) in [7, 11) is 1.96. The molecule has 0 fully saturated rings. The van der Waals surface area contributed by atoms with Gasteiger partial charge in [0, 0.05) is 31.4 Å². The molecule has 0 saturated heterocycles.